The Hall–Kier alpha value is -2.26. The van der Waals surface area contributed by atoms with Crippen LogP contribution in [0.3, 0.4) is 0 Å². The summed E-state index contributed by atoms with van der Waals surface area (Å²) < 4.78 is 28.1. The highest BCUT2D eigenvalue weighted by atomic mass is 32.2. The molecule has 1 amide bonds. The van der Waals surface area contributed by atoms with E-state index >= 15 is 0 Å². The number of hydrogen-bond acceptors (Lipinski definition) is 5. The molecular formula is C19H19F2N3O2S2. The smallest absolute Gasteiger partial charge is 0.263 e. The molecule has 0 aliphatic rings. The molecule has 148 valence electrons. The van der Waals surface area contributed by atoms with Gasteiger partial charge in [0.2, 0.25) is 5.91 Å². The number of fused-ring (bicyclic) bond motifs is 1. The average Bonchev–Trinajstić information content (AvgIpc) is 2.86. The molecule has 5 nitrogen and oxygen atoms in total. The number of aryl methyl sites for hydroxylation is 2. The minimum atomic E-state index is -0.771. The van der Waals surface area contributed by atoms with Crippen LogP contribution in [0, 0.1) is 25.5 Å². The summed E-state index contributed by atoms with van der Waals surface area (Å²) >= 11 is 2.56. The van der Waals surface area contributed by atoms with Gasteiger partial charge in [0.05, 0.1) is 11.1 Å². The Morgan fingerprint density at radius 3 is 2.50 bits per heavy atom. The number of nitrogens with zero attached hydrogens (tertiary/aromatic N) is 2. The van der Waals surface area contributed by atoms with E-state index in [0.717, 1.165) is 40.4 Å². The van der Waals surface area contributed by atoms with Crippen molar-refractivity contribution in [2.75, 3.05) is 11.1 Å². The van der Waals surface area contributed by atoms with Gasteiger partial charge in [0.25, 0.3) is 5.56 Å². The maximum atomic E-state index is 13.3. The van der Waals surface area contributed by atoms with Crippen molar-refractivity contribution in [2.45, 2.75) is 38.9 Å². The van der Waals surface area contributed by atoms with E-state index in [2.05, 4.69) is 10.3 Å². The first kappa shape index (κ1) is 20.5. The molecule has 9 heteroatoms. The maximum Gasteiger partial charge on any atom is 0.263 e. The molecule has 0 aliphatic carbocycles. The number of carbonyl (C=O) groups excluding carboxylic acids is 1. The molecule has 0 saturated carbocycles. The summed E-state index contributed by atoms with van der Waals surface area (Å²) in [6.45, 7) is 7.60. The molecule has 0 unspecified atom stereocenters. The van der Waals surface area contributed by atoms with Crippen molar-refractivity contribution in [3.8, 4) is 0 Å². The van der Waals surface area contributed by atoms with Gasteiger partial charge in [-0.3, -0.25) is 14.2 Å². The predicted molar refractivity (Wildman–Crippen MR) is 109 cm³/mol. The highest BCUT2D eigenvalue weighted by Crippen LogP contribution is 2.29. The minimum Gasteiger partial charge on any atom is -0.325 e. The van der Waals surface area contributed by atoms with Gasteiger partial charge < -0.3 is 5.32 Å². The molecule has 2 aromatic heterocycles. The van der Waals surface area contributed by atoms with Crippen LogP contribution in [0.1, 0.15) is 30.3 Å². The first-order chi connectivity index (χ1) is 13.2. The molecule has 0 radical (unpaired) electrons. The Labute approximate surface area is 168 Å². The number of halogens is 2. The van der Waals surface area contributed by atoms with Crippen LogP contribution in [0.5, 0.6) is 0 Å². The van der Waals surface area contributed by atoms with E-state index in [4.69, 9.17) is 0 Å². The molecule has 0 aliphatic heterocycles. The Kier molecular flexibility index (Phi) is 5.85. The molecule has 0 spiro atoms. The fourth-order valence-electron chi connectivity index (χ4n) is 2.80. The molecule has 0 saturated heterocycles. The third-order valence-electron chi connectivity index (χ3n) is 4.20. The lowest BCUT2D eigenvalue weighted by molar-refractivity contribution is -0.113. The van der Waals surface area contributed by atoms with Crippen LogP contribution in [-0.4, -0.2) is 21.2 Å². The van der Waals surface area contributed by atoms with Crippen LogP contribution in [0.4, 0.5) is 14.5 Å². The van der Waals surface area contributed by atoms with Gasteiger partial charge in [-0.2, -0.15) is 0 Å². The quantitative estimate of drug-likeness (QED) is 0.479. The number of aromatic nitrogens is 2. The standard InChI is InChI=1S/C19H19F2N3O2S2/c1-9(2)24-18(26)16-10(3)11(4)28-17(16)23-19(24)27-8-15(25)22-14-6-12(20)5-13(21)7-14/h5-7,9H,8H2,1-4H3,(H,22,25). The van der Waals surface area contributed by atoms with Crippen LogP contribution in [0.25, 0.3) is 10.2 Å². The molecule has 0 bridgehead atoms. The third kappa shape index (κ3) is 4.10. The molecule has 1 N–H and O–H groups in total. The van der Waals surface area contributed by atoms with Gasteiger partial charge in [-0.15, -0.1) is 11.3 Å². The second-order valence-corrected chi connectivity index (χ2v) is 8.77. The minimum absolute atomic E-state index is 0.0391. The van der Waals surface area contributed by atoms with Gasteiger partial charge in [-0.25, -0.2) is 13.8 Å². The number of rotatable bonds is 5. The SMILES string of the molecule is Cc1sc2nc(SCC(=O)Nc3cc(F)cc(F)c3)n(C(C)C)c(=O)c2c1C. The van der Waals surface area contributed by atoms with Crippen LogP contribution < -0.4 is 10.9 Å². The van der Waals surface area contributed by atoms with Gasteiger partial charge in [0, 0.05) is 22.7 Å². The van der Waals surface area contributed by atoms with E-state index in [1.807, 2.05) is 27.7 Å². The van der Waals surface area contributed by atoms with Crippen LogP contribution in [0.2, 0.25) is 0 Å². The number of thioether (sulfide) groups is 1. The first-order valence-corrected chi connectivity index (χ1v) is 10.4. The highest BCUT2D eigenvalue weighted by molar-refractivity contribution is 7.99. The van der Waals surface area contributed by atoms with Crippen molar-refractivity contribution in [3.63, 3.8) is 0 Å². The lowest BCUT2D eigenvalue weighted by Gasteiger charge is -2.15. The van der Waals surface area contributed by atoms with Crippen LogP contribution in [-0.2, 0) is 4.79 Å². The van der Waals surface area contributed by atoms with Gasteiger partial charge in [-0.1, -0.05) is 11.8 Å². The maximum absolute atomic E-state index is 13.3. The van der Waals surface area contributed by atoms with Gasteiger partial charge in [0.15, 0.2) is 5.16 Å². The van der Waals surface area contributed by atoms with Gasteiger partial charge in [-0.05, 0) is 45.4 Å². The predicted octanol–water partition coefficient (Wildman–Crippen LogP) is 4.66. The summed E-state index contributed by atoms with van der Waals surface area (Å²) in [5, 5.41) is 3.51. The van der Waals surface area contributed by atoms with Gasteiger partial charge in [0.1, 0.15) is 16.5 Å². The van der Waals surface area contributed by atoms with E-state index in [1.54, 1.807) is 4.57 Å². The molecule has 28 heavy (non-hydrogen) atoms. The summed E-state index contributed by atoms with van der Waals surface area (Å²) in [6.07, 6.45) is 0. The number of carbonyl (C=O) groups is 1. The number of benzene rings is 1. The summed E-state index contributed by atoms with van der Waals surface area (Å²) in [4.78, 5) is 31.4. The van der Waals surface area contributed by atoms with Gasteiger partial charge >= 0.3 is 0 Å². The fourth-order valence-corrected chi connectivity index (χ4v) is 4.80. The van der Waals surface area contributed by atoms with E-state index in [9.17, 15) is 18.4 Å². The average molecular weight is 424 g/mol. The lowest BCUT2D eigenvalue weighted by Crippen LogP contribution is -2.25. The summed E-state index contributed by atoms with van der Waals surface area (Å²) in [6, 6.07) is 2.68. The van der Waals surface area contributed by atoms with Crippen molar-refractivity contribution in [3.05, 3.63) is 50.6 Å². The highest BCUT2D eigenvalue weighted by Gasteiger charge is 2.19. The number of anilines is 1. The van der Waals surface area contributed by atoms with Crippen molar-refractivity contribution in [1.29, 1.82) is 0 Å². The molecule has 0 fully saturated rings. The third-order valence-corrected chi connectivity index (χ3v) is 6.25. The molecule has 3 aromatic rings. The summed E-state index contributed by atoms with van der Waals surface area (Å²) in [5.41, 5.74) is 0.837. The number of thiophene rings is 1. The van der Waals surface area contributed by atoms with E-state index in [0.29, 0.717) is 15.4 Å². The van der Waals surface area contributed by atoms with E-state index < -0.39 is 17.5 Å². The van der Waals surface area contributed by atoms with Crippen molar-refractivity contribution >= 4 is 44.9 Å². The van der Waals surface area contributed by atoms with Crippen molar-refractivity contribution < 1.29 is 13.6 Å². The zero-order valence-electron chi connectivity index (χ0n) is 15.8. The second-order valence-electron chi connectivity index (χ2n) is 6.62. The molecular weight excluding hydrogens is 404 g/mol. The largest absolute Gasteiger partial charge is 0.325 e. The Balaban J connectivity index is 1.86. The zero-order valence-corrected chi connectivity index (χ0v) is 17.4. The zero-order chi connectivity index (χ0) is 20.6. The monoisotopic (exact) mass is 423 g/mol. The number of amides is 1. The van der Waals surface area contributed by atoms with Crippen molar-refractivity contribution in [2.24, 2.45) is 0 Å². The first-order valence-electron chi connectivity index (χ1n) is 8.58. The molecule has 0 atom stereocenters. The number of hydrogen-bond donors (Lipinski definition) is 1. The Morgan fingerprint density at radius 2 is 1.89 bits per heavy atom. The Bertz CT molecular complexity index is 1100. The normalized spacial score (nSPS) is 11.4. The molecule has 2 heterocycles. The second kappa shape index (κ2) is 8.00. The van der Waals surface area contributed by atoms with Crippen LogP contribution >= 0.6 is 23.1 Å². The summed E-state index contributed by atoms with van der Waals surface area (Å²) in [7, 11) is 0. The van der Waals surface area contributed by atoms with E-state index in [-0.39, 0.29) is 23.0 Å². The van der Waals surface area contributed by atoms with Crippen LogP contribution in [0.15, 0.2) is 28.2 Å². The Morgan fingerprint density at radius 1 is 1.25 bits per heavy atom. The fraction of sp³-hybridized carbons (Fsp3) is 0.316. The number of nitrogens with one attached hydrogen (secondary N) is 1. The molecule has 1 aromatic carbocycles. The van der Waals surface area contributed by atoms with Crippen molar-refractivity contribution in [1.82, 2.24) is 9.55 Å². The lowest BCUT2D eigenvalue weighted by atomic mass is 10.2. The summed E-state index contributed by atoms with van der Waals surface area (Å²) in [5.74, 6) is -2.04. The molecule has 3 rings (SSSR count). The van der Waals surface area contributed by atoms with E-state index in [1.165, 1.54) is 11.3 Å². The topological polar surface area (TPSA) is 64.0 Å².